The molecule has 3 rings (SSSR count). The molecule has 0 saturated heterocycles. The number of rotatable bonds is 5. The molecular formula is C16H11ClNO2S3-. The Morgan fingerprint density at radius 3 is 2.52 bits per heavy atom. The van der Waals surface area contributed by atoms with Crippen LogP contribution >= 0.6 is 46.0 Å². The molecule has 0 radical (unpaired) electrons. The molecule has 0 aliphatic carbocycles. The minimum absolute atomic E-state index is 0.147. The zero-order valence-corrected chi connectivity index (χ0v) is 15.2. The van der Waals surface area contributed by atoms with Gasteiger partial charge in [0.25, 0.3) is 0 Å². The van der Waals surface area contributed by atoms with Crippen LogP contribution in [-0.4, -0.2) is 17.2 Å². The van der Waals surface area contributed by atoms with Crippen LogP contribution in [0.15, 0.2) is 41.3 Å². The molecule has 2 aromatic heterocycles. The molecule has 0 spiro atoms. The second-order valence-corrected chi connectivity index (χ2v) is 8.35. The predicted molar refractivity (Wildman–Crippen MR) is 96.4 cm³/mol. The number of hydrogen-bond acceptors (Lipinski definition) is 6. The fourth-order valence-electron chi connectivity index (χ4n) is 2.09. The van der Waals surface area contributed by atoms with E-state index in [4.69, 9.17) is 11.6 Å². The first-order valence-electron chi connectivity index (χ1n) is 6.66. The molecule has 118 valence electrons. The van der Waals surface area contributed by atoms with Crippen molar-refractivity contribution in [3.05, 3.63) is 45.6 Å². The molecule has 1 aromatic carbocycles. The van der Waals surface area contributed by atoms with E-state index in [0.717, 1.165) is 15.4 Å². The lowest BCUT2D eigenvalue weighted by atomic mass is 10.2. The highest BCUT2D eigenvalue weighted by molar-refractivity contribution is 7.98. The molecule has 0 aliphatic rings. The third-order valence-electron chi connectivity index (χ3n) is 3.15. The van der Waals surface area contributed by atoms with Gasteiger partial charge in [0.2, 0.25) is 0 Å². The van der Waals surface area contributed by atoms with E-state index in [1.165, 1.54) is 27.6 Å². The second kappa shape index (κ2) is 7.05. The van der Waals surface area contributed by atoms with E-state index >= 15 is 0 Å². The van der Waals surface area contributed by atoms with Gasteiger partial charge in [-0.2, -0.15) is 0 Å². The van der Waals surface area contributed by atoms with E-state index in [-0.39, 0.29) is 6.42 Å². The van der Waals surface area contributed by atoms with E-state index in [9.17, 15) is 9.90 Å². The Balaban J connectivity index is 2.04. The number of carboxylic acids is 1. The van der Waals surface area contributed by atoms with Crippen molar-refractivity contribution in [1.82, 2.24) is 4.98 Å². The first-order chi connectivity index (χ1) is 11.1. The maximum absolute atomic E-state index is 11.0. The van der Waals surface area contributed by atoms with Crippen molar-refractivity contribution in [3.8, 4) is 21.1 Å². The molecule has 0 aliphatic heterocycles. The number of thiophene rings is 1. The molecule has 3 nitrogen and oxygen atoms in total. The number of halogens is 1. The Morgan fingerprint density at radius 1 is 1.22 bits per heavy atom. The summed E-state index contributed by atoms with van der Waals surface area (Å²) in [7, 11) is 0. The number of benzene rings is 1. The van der Waals surface area contributed by atoms with Gasteiger partial charge >= 0.3 is 0 Å². The molecule has 0 fully saturated rings. The standard InChI is InChI=1S/C16H12ClNO2S3/c1-21-10-4-2-9(3-5-10)16-18-15(11-6-7-13(17)22-11)12(23-16)8-14(19)20/h2-7H,8H2,1H3,(H,19,20)/p-1. The van der Waals surface area contributed by atoms with Crippen molar-refractivity contribution in [3.63, 3.8) is 0 Å². The van der Waals surface area contributed by atoms with Crippen molar-refractivity contribution >= 4 is 52.0 Å². The fraction of sp³-hybridized carbons (Fsp3) is 0.125. The first kappa shape index (κ1) is 16.5. The molecule has 0 atom stereocenters. The van der Waals surface area contributed by atoms with Crippen LogP contribution in [-0.2, 0) is 11.2 Å². The van der Waals surface area contributed by atoms with E-state index in [2.05, 4.69) is 4.98 Å². The van der Waals surface area contributed by atoms with Gasteiger partial charge in [0.15, 0.2) is 0 Å². The molecular weight excluding hydrogens is 370 g/mol. The lowest BCUT2D eigenvalue weighted by Crippen LogP contribution is -2.24. The van der Waals surface area contributed by atoms with Gasteiger partial charge in [-0.3, -0.25) is 0 Å². The number of aliphatic carboxylic acids is 1. The Hall–Kier alpha value is -1.34. The lowest BCUT2D eigenvalue weighted by Gasteiger charge is -2.00. The monoisotopic (exact) mass is 380 g/mol. The Bertz CT molecular complexity index is 839. The van der Waals surface area contributed by atoms with E-state index < -0.39 is 5.97 Å². The third-order valence-corrected chi connectivity index (χ3v) is 6.23. The van der Waals surface area contributed by atoms with Gasteiger partial charge in [-0.25, -0.2) is 4.98 Å². The van der Waals surface area contributed by atoms with Crippen LogP contribution in [0.5, 0.6) is 0 Å². The average molecular weight is 381 g/mol. The van der Waals surface area contributed by atoms with Crippen molar-refractivity contribution in [1.29, 1.82) is 0 Å². The first-order valence-corrected chi connectivity index (χ1v) is 9.90. The van der Waals surface area contributed by atoms with Gasteiger partial charge in [-0.15, -0.1) is 34.4 Å². The summed E-state index contributed by atoms with van der Waals surface area (Å²) in [6, 6.07) is 11.7. The van der Waals surface area contributed by atoms with E-state index in [1.54, 1.807) is 17.8 Å². The van der Waals surface area contributed by atoms with E-state index in [0.29, 0.717) is 14.9 Å². The number of thiazole rings is 1. The molecule has 3 aromatic rings. The third kappa shape index (κ3) is 3.77. The van der Waals surface area contributed by atoms with Crippen LogP contribution in [0.4, 0.5) is 0 Å². The predicted octanol–water partition coefficient (Wildman–Crippen LogP) is 4.21. The van der Waals surface area contributed by atoms with Gasteiger partial charge < -0.3 is 9.90 Å². The molecule has 0 saturated carbocycles. The van der Waals surface area contributed by atoms with Crippen LogP contribution in [0, 0.1) is 0 Å². The summed E-state index contributed by atoms with van der Waals surface area (Å²) in [4.78, 5) is 18.4. The van der Waals surface area contributed by atoms with Crippen LogP contribution in [0.25, 0.3) is 21.1 Å². The zero-order chi connectivity index (χ0) is 16.4. The SMILES string of the molecule is CSc1ccc(-c2nc(-c3ccc(Cl)s3)c(CC(=O)[O-])s2)cc1. The van der Waals surface area contributed by atoms with E-state index in [1.807, 2.05) is 36.6 Å². The Kier molecular flexibility index (Phi) is 5.06. The molecule has 7 heteroatoms. The highest BCUT2D eigenvalue weighted by atomic mass is 35.5. The summed E-state index contributed by atoms with van der Waals surface area (Å²) in [5, 5.41) is 11.8. The molecule has 0 bridgehead atoms. The van der Waals surface area contributed by atoms with Crippen molar-refractivity contribution in [2.24, 2.45) is 0 Å². The minimum atomic E-state index is -1.11. The number of hydrogen-bond donors (Lipinski definition) is 0. The highest BCUT2D eigenvalue weighted by Gasteiger charge is 2.16. The number of carbonyl (C=O) groups excluding carboxylic acids is 1. The van der Waals surface area contributed by atoms with Crippen LogP contribution in [0.3, 0.4) is 0 Å². The zero-order valence-electron chi connectivity index (χ0n) is 12.0. The normalized spacial score (nSPS) is 10.9. The second-order valence-electron chi connectivity index (χ2n) is 4.67. The number of aromatic nitrogens is 1. The Labute approximate surface area is 151 Å². The minimum Gasteiger partial charge on any atom is -0.550 e. The largest absolute Gasteiger partial charge is 0.550 e. The number of carbonyl (C=O) groups is 1. The molecule has 23 heavy (non-hydrogen) atoms. The summed E-state index contributed by atoms with van der Waals surface area (Å²) in [5.41, 5.74) is 1.65. The van der Waals surface area contributed by atoms with Gasteiger partial charge in [0.05, 0.1) is 14.9 Å². The maximum atomic E-state index is 11.0. The summed E-state index contributed by atoms with van der Waals surface area (Å²) >= 11 is 10.4. The smallest absolute Gasteiger partial charge is 0.124 e. The number of nitrogens with zero attached hydrogens (tertiary/aromatic N) is 1. The van der Waals surface area contributed by atoms with Crippen molar-refractivity contribution in [2.75, 3.05) is 6.26 Å². The van der Waals surface area contributed by atoms with Crippen LogP contribution in [0.2, 0.25) is 4.34 Å². The lowest BCUT2D eigenvalue weighted by molar-refractivity contribution is -0.304. The summed E-state index contributed by atoms with van der Waals surface area (Å²) in [5.74, 6) is -1.11. The van der Waals surface area contributed by atoms with Crippen molar-refractivity contribution < 1.29 is 9.90 Å². The van der Waals surface area contributed by atoms with Crippen molar-refractivity contribution in [2.45, 2.75) is 11.3 Å². The maximum Gasteiger partial charge on any atom is 0.124 e. The van der Waals surface area contributed by atoms with Crippen LogP contribution < -0.4 is 5.11 Å². The van der Waals surface area contributed by atoms with Crippen LogP contribution in [0.1, 0.15) is 4.88 Å². The average Bonchev–Trinajstić information content (AvgIpc) is 3.13. The molecule has 0 amide bonds. The quantitative estimate of drug-likeness (QED) is 0.622. The van der Waals surface area contributed by atoms with Gasteiger partial charge in [0, 0.05) is 27.7 Å². The fourth-order valence-corrected chi connectivity index (χ4v) is 4.69. The summed E-state index contributed by atoms with van der Waals surface area (Å²) in [6.07, 6.45) is 1.88. The highest BCUT2D eigenvalue weighted by Crippen LogP contribution is 2.38. The number of thioether (sulfide) groups is 1. The van der Waals surface area contributed by atoms with Gasteiger partial charge in [-0.1, -0.05) is 23.7 Å². The topological polar surface area (TPSA) is 53.0 Å². The summed E-state index contributed by atoms with van der Waals surface area (Å²) in [6.45, 7) is 0. The molecule has 2 heterocycles. The molecule has 0 N–H and O–H groups in total. The van der Waals surface area contributed by atoms with Gasteiger partial charge in [0.1, 0.15) is 5.01 Å². The van der Waals surface area contributed by atoms with Gasteiger partial charge in [-0.05, 0) is 30.5 Å². The number of carboxylic acid groups (broad SMARTS) is 1. The Morgan fingerprint density at radius 2 is 1.96 bits per heavy atom. The molecule has 0 unspecified atom stereocenters. The summed E-state index contributed by atoms with van der Waals surface area (Å²) < 4.78 is 0.651.